The van der Waals surface area contributed by atoms with Gasteiger partial charge in [0.15, 0.2) is 0 Å². The summed E-state index contributed by atoms with van der Waals surface area (Å²) in [7, 11) is 9.47. The second kappa shape index (κ2) is 7.15. The van der Waals surface area contributed by atoms with Gasteiger partial charge in [0.2, 0.25) is 0 Å². The summed E-state index contributed by atoms with van der Waals surface area (Å²) in [5.41, 5.74) is 0. The molecule has 53 valence electrons. The van der Waals surface area contributed by atoms with Crippen LogP contribution in [0.3, 0.4) is 0 Å². The molecule has 0 aromatic heterocycles. The second-order valence-electron chi connectivity index (χ2n) is 2.04. The van der Waals surface area contributed by atoms with Gasteiger partial charge in [0.1, 0.15) is 0 Å². The molecule has 1 saturated heterocycles. The average molecular weight is 140 g/mol. The first-order valence-corrected chi connectivity index (χ1v) is 2.76. The summed E-state index contributed by atoms with van der Waals surface area (Å²) in [6, 6.07) is 0. The van der Waals surface area contributed by atoms with Gasteiger partial charge in [0.05, 0.1) is 0 Å². The first kappa shape index (κ1) is 10.0. The molecule has 1 rings (SSSR count). The summed E-state index contributed by atoms with van der Waals surface area (Å²) in [6.45, 7) is 0. The lowest BCUT2D eigenvalue weighted by atomic mass is 10.1. The molecular weight excluding hydrogens is 130 g/mol. The Kier molecular flexibility index (Phi) is 7.17. The SMILES string of the molecule is CN(C)C.[B]1O[B]O[B]O1. The van der Waals surface area contributed by atoms with Crippen molar-refractivity contribution in [3.63, 3.8) is 0 Å². The minimum atomic E-state index is 1.16. The summed E-state index contributed by atoms with van der Waals surface area (Å²) < 4.78 is 13.0. The molecule has 4 nitrogen and oxygen atoms in total. The molecule has 0 aliphatic carbocycles. The van der Waals surface area contributed by atoms with Crippen molar-refractivity contribution in [2.75, 3.05) is 21.1 Å². The standard InChI is InChI=1S/C3H9N.B3O3/c1-4(2)3;1-4-2-6-3-5-1/h1-3H3;. The molecule has 0 amide bonds. The van der Waals surface area contributed by atoms with Gasteiger partial charge in [0.25, 0.3) is 0 Å². The summed E-state index contributed by atoms with van der Waals surface area (Å²) in [4.78, 5) is 2.00. The lowest BCUT2D eigenvalue weighted by molar-refractivity contribution is 0.347. The normalized spacial score (nSPS) is 15.6. The van der Waals surface area contributed by atoms with Crippen molar-refractivity contribution in [1.82, 2.24) is 4.90 Å². The number of hydrogen-bond acceptors (Lipinski definition) is 4. The minimum absolute atomic E-state index is 1.16. The van der Waals surface area contributed by atoms with Crippen LogP contribution in [0.15, 0.2) is 0 Å². The molecule has 0 spiro atoms. The predicted molar refractivity (Wildman–Crippen MR) is 40.1 cm³/mol. The highest BCUT2D eigenvalue weighted by atomic mass is 16.7. The highest BCUT2D eigenvalue weighted by Crippen LogP contribution is 1.78. The van der Waals surface area contributed by atoms with Crippen molar-refractivity contribution in [1.29, 1.82) is 0 Å². The quantitative estimate of drug-likeness (QED) is 0.396. The largest absolute Gasteiger partial charge is 0.457 e. The Morgan fingerprint density at radius 3 is 1.10 bits per heavy atom. The van der Waals surface area contributed by atoms with Crippen LogP contribution in [0, 0.1) is 0 Å². The van der Waals surface area contributed by atoms with Gasteiger partial charge in [-0.2, -0.15) is 0 Å². The Morgan fingerprint density at radius 1 is 0.800 bits per heavy atom. The maximum Gasteiger partial charge on any atom is 0.457 e. The molecule has 1 aliphatic heterocycles. The average Bonchev–Trinajstić information content (AvgIpc) is 1.90. The van der Waals surface area contributed by atoms with Gasteiger partial charge in [-0.3, -0.25) is 0 Å². The highest BCUT2D eigenvalue weighted by molar-refractivity contribution is 6.50. The zero-order valence-corrected chi connectivity index (χ0v) is 6.40. The molecule has 0 unspecified atom stereocenters. The van der Waals surface area contributed by atoms with Crippen LogP contribution in [0.2, 0.25) is 0 Å². The van der Waals surface area contributed by atoms with E-state index >= 15 is 0 Å². The number of rotatable bonds is 0. The van der Waals surface area contributed by atoms with Gasteiger partial charge in [-0.25, -0.2) is 0 Å². The molecule has 0 aromatic carbocycles. The molecule has 3 radical (unpaired) electrons. The van der Waals surface area contributed by atoms with Crippen molar-refractivity contribution in [2.45, 2.75) is 0 Å². The fourth-order valence-electron chi connectivity index (χ4n) is 0.164. The maximum atomic E-state index is 4.34. The van der Waals surface area contributed by atoms with E-state index < -0.39 is 0 Å². The van der Waals surface area contributed by atoms with Crippen LogP contribution in [-0.4, -0.2) is 49.1 Å². The van der Waals surface area contributed by atoms with E-state index in [1.165, 1.54) is 0 Å². The van der Waals surface area contributed by atoms with Crippen molar-refractivity contribution in [2.24, 2.45) is 0 Å². The van der Waals surface area contributed by atoms with E-state index in [1.54, 1.807) is 0 Å². The third kappa shape index (κ3) is 10.9. The van der Waals surface area contributed by atoms with Gasteiger partial charge in [-0.15, -0.1) is 0 Å². The summed E-state index contributed by atoms with van der Waals surface area (Å²) in [5.74, 6) is 0. The predicted octanol–water partition coefficient (Wildman–Crippen LogP) is -1.17. The monoisotopic (exact) mass is 140 g/mol. The minimum Gasteiger partial charge on any atom is -0.457 e. The first-order valence-electron chi connectivity index (χ1n) is 2.76. The van der Waals surface area contributed by atoms with E-state index in [4.69, 9.17) is 0 Å². The molecule has 0 atom stereocenters. The molecule has 0 saturated carbocycles. The van der Waals surface area contributed by atoms with Crippen molar-refractivity contribution in [3.8, 4) is 0 Å². The molecule has 10 heavy (non-hydrogen) atoms. The zero-order valence-electron chi connectivity index (χ0n) is 6.40. The Hall–Kier alpha value is 0.0348. The topological polar surface area (TPSA) is 30.9 Å². The zero-order chi connectivity index (χ0) is 7.82. The Labute approximate surface area is 63.7 Å². The smallest absolute Gasteiger partial charge is 0.457 e. The van der Waals surface area contributed by atoms with Crippen molar-refractivity contribution < 1.29 is 13.7 Å². The van der Waals surface area contributed by atoms with Gasteiger partial charge in [-0.1, -0.05) is 0 Å². The van der Waals surface area contributed by atoms with E-state index in [1.807, 2.05) is 26.0 Å². The lowest BCUT2D eigenvalue weighted by Gasteiger charge is -2.05. The van der Waals surface area contributed by atoms with Crippen LogP contribution < -0.4 is 0 Å². The van der Waals surface area contributed by atoms with Gasteiger partial charge in [-0.05, 0) is 21.1 Å². The van der Waals surface area contributed by atoms with Crippen molar-refractivity contribution >= 4 is 23.1 Å². The van der Waals surface area contributed by atoms with Gasteiger partial charge < -0.3 is 18.6 Å². The van der Waals surface area contributed by atoms with Crippen LogP contribution in [-0.2, 0) is 13.7 Å². The van der Waals surface area contributed by atoms with Gasteiger partial charge in [0, 0.05) is 0 Å². The number of hydrogen-bond donors (Lipinski definition) is 0. The molecule has 1 aliphatic rings. The summed E-state index contributed by atoms with van der Waals surface area (Å²) in [5, 5.41) is 0. The van der Waals surface area contributed by atoms with E-state index in [-0.39, 0.29) is 0 Å². The van der Waals surface area contributed by atoms with Crippen LogP contribution in [0.5, 0.6) is 0 Å². The fourth-order valence-corrected chi connectivity index (χ4v) is 0.164. The van der Waals surface area contributed by atoms with Crippen LogP contribution >= 0.6 is 0 Å². The highest BCUT2D eigenvalue weighted by Gasteiger charge is 2.05. The fraction of sp³-hybridized carbons (Fsp3) is 1.00. The van der Waals surface area contributed by atoms with Crippen LogP contribution in [0.25, 0.3) is 0 Å². The summed E-state index contributed by atoms with van der Waals surface area (Å²) in [6.07, 6.45) is 0. The molecule has 0 N–H and O–H groups in total. The van der Waals surface area contributed by atoms with E-state index in [0.29, 0.717) is 0 Å². The number of nitrogens with zero attached hydrogens (tertiary/aromatic N) is 1. The molecule has 0 aromatic rings. The van der Waals surface area contributed by atoms with E-state index in [2.05, 4.69) is 13.7 Å². The van der Waals surface area contributed by atoms with Crippen LogP contribution in [0.1, 0.15) is 0 Å². The Bertz CT molecular complexity index is 55.7. The van der Waals surface area contributed by atoms with E-state index in [9.17, 15) is 0 Å². The van der Waals surface area contributed by atoms with E-state index in [0.717, 1.165) is 23.1 Å². The molecule has 1 fully saturated rings. The van der Waals surface area contributed by atoms with Gasteiger partial charge >= 0.3 is 23.1 Å². The molecule has 1 heterocycles. The third-order valence-corrected chi connectivity index (χ3v) is 0.333. The third-order valence-electron chi connectivity index (χ3n) is 0.333. The molecular formula is C3H9B3NO3. The molecule has 0 bridgehead atoms. The molecule has 7 heteroatoms. The maximum absolute atomic E-state index is 4.34. The second-order valence-corrected chi connectivity index (χ2v) is 2.04. The Morgan fingerprint density at radius 2 is 1.00 bits per heavy atom. The first-order chi connectivity index (χ1) is 4.73. The van der Waals surface area contributed by atoms with Crippen LogP contribution in [0.4, 0.5) is 0 Å². The summed E-state index contributed by atoms with van der Waals surface area (Å²) >= 11 is 0. The van der Waals surface area contributed by atoms with Crippen molar-refractivity contribution in [3.05, 3.63) is 0 Å². The Balaban J connectivity index is 0.000000180. The lowest BCUT2D eigenvalue weighted by Crippen LogP contribution is -2.23.